The first-order chi connectivity index (χ1) is 5.16. The SMILES string of the molecule is C=Cc1c([Si])ccc(C)c1C. The Morgan fingerprint density at radius 1 is 1.36 bits per heavy atom. The molecular formula is C10H11Si. The molecule has 0 aromatic heterocycles. The Hall–Kier alpha value is -0.823. The average molecular weight is 159 g/mol. The van der Waals surface area contributed by atoms with Gasteiger partial charge in [-0.3, -0.25) is 0 Å². The van der Waals surface area contributed by atoms with E-state index in [1.807, 2.05) is 6.08 Å². The highest BCUT2D eigenvalue weighted by Gasteiger charge is 1.99. The Bertz CT molecular complexity index is 287. The van der Waals surface area contributed by atoms with Gasteiger partial charge in [0.25, 0.3) is 0 Å². The predicted octanol–water partition coefficient (Wildman–Crippen LogP) is 1.74. The van der Waals surface area contributed by atoms with Crippen LogP contribution in [0.5, 0.6) is 0 Å². The molecule has 55 valence electrons. The highest BCUT2D eigenvalue weighted by Crippen LogP contribution is 2.10. The standard InChI is InChI=1S/C10H11Si/c1-4-9-8(3)7(2)5-6-10(9)11/h4-6H,1H2,2-3H3. The minimum atomic E-state index is 1.11. The van der Waals surface area contributed by atoms with E-state index in [9.17, 15) is 0 Å². The number of aryl methyl sites for hydroxylation is 1. The summed E-state index contributed by atoms with van der Waals surface area (Å²) < 4.78 is 0. The quantitative estimate of drug-likeness (QED) is 0.548. The predicted molar refractivity (Wildman–Crippen MR) is 51.4 cm³/mol. The van der Waals surface area contributed by atoms with Crippen LogP contribution in [-0.4, -0.2) is 10.2 Å². The second kappa shape index (κ2) is 3.05. The van der Waals surface area contributed by atoms with Crippen LogP contribution in [0.4, 0.5) is 0 Å². The molecule has 1 aromatic rings. The molecule has 11 heavy (non-hydrogen) atoms. The maximum atomic E-state index is 3.76. The summed E-state index contributed by atoms with van der Waals surface area (Å²) >= 11 is 0. The molecule has 1 heteroatoms. The maximum absolute atomic E-state index is 3.76. The lowest BCUT2D eigenvalue weighted by atomic mass is 10.0. The molecule has 0 nitrogen and oxygen atoms in total. The van der Waals surface area contributed by atoms with Gasteiger partial charge in [0, 0.05) is 0 Å². The van der Waals surface area contributed by atoms with Gasteiger partial charge < -0.3 is 0 Å². The lowest BCUT2D eigenvalue weighted by molar-refractivity contribution is 1.34. The van der Waals surface area contributed by atoms with E-state index in [0.717, 1.165) is 5.19 Å². The Labute approximate surface area is 71.4 Å². The van der Waals surface area contributed by atoms with Crippen LogP contribution in [0, 0.1) is 13.8 Å². The summed E-state index contributed by atoms with van der Waals surface area (Å²) in [6.45, 7) is 7.97. The molecule has 0 N–H and O–H groups in total. The first kappa shape index (κ1) is 8.28. The number of hydrogen-bond acceptors (Lipinski definition) is 0. The molecule has 0 saturated heterocycles. The fourth-order valence-electron chi connectivity index (χ4n) is 1.10. The molecule has 0 fully saturated rings. The van der Waals surface area contributed by atoms with Crippen LogP contribution in [0.2, 0.25) is 0 Å². The van der Waals surface area contributed by atoms with Crippen molar-refractivity contribution in [2.24, 2.45) is 0 Å². The molecule has 0 spiro atoms. The Morgan fingerprint density at radius 3 is 2.45 bits per heavy atom. The normalized spacial score (nSPS) is 9.73. The van der Waals surface area contributed by atoms with Crippen molar-refractivity contribution in [1.29, 1.82) is 0 Å². The third-order valence-electron chi connectivity index (χ3n) is 1.99. The molecule has 0 unspecified atom stereocenters. The van der Waals surface area contributed by atoms with Gasteiger partial charge in [-0.1, -0.05) is 30.0 Å². The average Bonchev–Trinajstić information content (AvgIpc) is 1.99. The summed E-state index contributed by atoms with van der Waals surface area (Å²) in [5.74, 6) is 0. The van der Waals surface area contributed by atoms with E-state index in [1.165, 1.54) is 16.7 Å². The molecule has 0 heterocycles. The van der Waals surface area contributed by atoms with Gasteiger partial charge in [-0.25, -0.2) is 0 Å². The van der Waals surface area contributed by atoms with Gasteiger partial charge in [-0.05, 0) is 30.5 Å². The molecule has 0 saturated carbocycles. The smallest absolute Gasteiger partial charge is 0.0720 e. The van der Waals surface area contributed by atoms with Gasteiger partial charge in [0.1, 0.15) is 0 Å². The van der Waals surface area contributed by atoms with Crippen LogP contribution in [0.3, 0.4) is 0 Å². The molecule has 0 atom stereocenters. The van der Waals surface area contributed by atoms with E-state index in [1.54, 1.807) is 0 Å². The van der Waals surface area contributed by atoms with E-state index >= 15 is 0 Å². The van der Waals surface area contributed by atoms with Crippen molar-refractivity contribution in [2.45, 2.75) is 13.8 Å². The van der Waals surface area contributed by atoms with Crippen LogP contribution in [0.15, 0.2) is 18.7 Å². The molecule has 0 aliphatic heterocycles. The second-order valence-electron chi connectivity index (χ2n) is 2.67. The minimum Gasteiger partial charge on any atom is -0.0985 e. The van der Waals surface area contributed by atoms with Crippen LogP contribution >= 0.6 is 0 Å². The third kappa shape index (κ3) is 1.43. The van der Waals surface area contributed by atoms with Crippen molar-refractivity contribution in [2.75, 3.05) is 0 Å². The zero-order chi connectivity index (χ0) is 8.43. The summed E-state index contributed by atoms with van der Waals surface area (Å²) in [5.41, 5.74) is 3.80. The highest BCUT2D eigenvalue weighted by atomic mass is 28.1. The van der Waals surface area contributed by atoms with Gasteiger partial charge in [0.15, 0.2) is 0 Å². The number of hydrogen-bond donors (Lipinski definition) is 0. The minimum absolute atomic E-state index is 1.11. The van der Waals surface area contributed by atoms with E-state index in [2.05, 4.69) is 42.8 Å². The van der Waals surface area contributed by atoms with E-state index < -0.39 is 0 Å². The lowest BCUT2D eigenvalue weighted by Gasteiger charge is -2.07. The molecule has 0 aliphatic rings. The van der Waals surface area contributed by atoms with Crippen LogP contribution < -0.4 is 5.19 Å². The van der Waals surface area contributed by atoms with Crippen molar-refractivity contribution in [3.63, 3.8) is 0 Å². The van der Waals surface area contributed by atoms with Crippen molar-refractivity contribution in [1.82, 2.24) is 0 Å². The van der Waals surface area contributed by atoms with Crippen LogP contribution in [0.25, 0.3) is 6.08 Å². The molecule has 1 aromatic carbocycles. The highest BCUT2D eigenvalue weighted by molar-refractivity contribution is 6.34. The topological polar surface area (TPSA) is 0 Å². The summed E-state index contributed by atoms with van der Waals surface area (Å²) in [6.07, 6.45) is 1.88. The fraction of sp³-hybridized carbons (Fsp3) is 0.200. The van der Waals surface area contributed by atoms with Gasteiger partial charge in [0.05, 0.1) is 10.2 Å². The Morgan fingerprint density at radius 2 is 2.00 bits per heavy atom. The Balaban J connectivity index is 3.40. The van der Waals surface area contributed by atoms with Crippen molar-refractivity contribution < 1.29 is 0 Å². The van der Waals surface area contributed by atoms with E-state index in [-0.39, 0.29) is 0 Å². The van der Waals surface area contributed by atoms with Crippen molar-refractivity contribution in [3.05, 3.63) is 35.4 Å². The van der Waals surface area contributed by atoms with E-state index in [4.69, 9.17) is 0 Å². The van der Waals surface area contributed by atoms with Gasteiger partial charge in [-0.15, -0.1) is 0 Å². The zero-order valence-corrected chi connectivity index (χ0v) is 7.94. The summed E-state index contributed by atoms with van der Waals surface area (Å²) in [7, 11) is 3.52. The molecule has 0 amide bonds. The summed E-state index contributed by atoms with van der Waals surface area (Å²) in [5, 5.41) is 1.11. The van der Waals surface area contributed by atoms with Crippen LogP contribution in [0.1, 0.15) is 16.7 Å². The van der Waals surface area contributed by atoms with Gasteiger partial charge in [0.2, 0.25) is 0 Å². The second-order valence-corrected chi connectivity index (χ2v) is 3.21. The van der Waals surface area contributed by atoms with Gasteiger partial charge >= 0.3 is 0 Å². The van der Waals surface area contributed by atoms with Crippen molar-refractivity contribution in [3.8, 4) is 0 Å². The van der Waals surface area contributed by atoms with Crippen LogP contribution in [-0.2, 0) is 0 Å². The summed E-state index contributed by atoms with van der Waals surface area (Å²) in [4.78, 5) is 0. The first-order valence-electron chi connectivity index (χ1n) is 3.61. The number of rotatable bonds is 1. The number of benzene rings is 1. The maximum Gasteiger partial charge on any atom is 0.0720 e. The van der Waals surface area contributed by atoms with Gasteiger partial charge in [-0.2, -0.15) is 0 Å². The molecule has 0 aliphatic carbocycles. The zero-order valence-electron chi connectivity index (χ0n) is 6.94. The van der Waals surface area contributed by atoms with Crippen molar-refractivity contribution >= 4 is 21.5 Å². The molecule has 1 rings (SSSR count). The third-order valence-corrected chi connectivity index (χ3v) is 2.43. The molecular weight excluding hydrogens is 148 g/mol. The lowest BCUT2D eigenvalue weighted by Crippen LogP contribution is -2.09. The molecule has 0 bridgehead atoms. The van der Waals surface area contributed by atoms with E-state index in [0.29, 0.717) is 0 Å². The summed E-state index contributed by atoms with van der Waals surface area (Å²) in [6, 6.07) is 4.15. The Kier molecular flexibility index (Phi) is 2.30. The monoisotopic (exact) mass is 159 g/mol. The fourth-order valence-corrected chi connectivity index (χ4v) is 1.47. The first-order valence-corrected chi connectivity index (χ1v) is 4.11. The largest absolute Gasteiger partial charge is 0.0985 e. The molecule has 3 radical (unpaired) electrons.